The fourth-order valence-corrected chi connectivity index (χ4v) is 0. The van der Waals surface area contributed by atoms with Crippen molar-refractivity contribution in [2.75, 3.05) is 0 Å². The molecule has 0 aromatic heterocycles. The molecule has 0 heterocycles. The second-order valence-electron chi connectivity index (χ2n) is 0.0583. The highest BCUT2D eigenvalue weighted by Gasteiger charge is 1.43. The molecule has 28 valence electrons. The summed E-state index contributed by atoms with van der Waals surface area (Å²) in [4.78, 5) is 0. The third-order valence-electron chi connectivity index (χ3n) is 0. The fraction of sp³-hybridized carbons (Fsp3) is 0. The summed E-state index contributed by atoms with van der Waals surface area (Å²) >= 11 is 0. The third-order valence-corrected chi connectivity index (χ3v) is 0. The highest BCUT2D eigenvalue weighted by atomic mass is 36.0. The van der Waals surface area contributed by atoms with Crippen LogP contribution < -0.4 is 0 Å². The van der Waals surface area contributed by atoms with Crippen LogP contribution in [0, 0.1) is 0 Å². The summed E-state index contributed by atoms with van der Waals surface area (Å²) in [5, 5.41) is 0. The minimum absolute atomic E-state index is 0. The maximum absolute atomic E-state index is 4.68. The maximum atomic E-state index is 4.68. The SMILES string of the molecule is ClSCl.F. The van der Waals surface area contributed by atoms with Gasteiger partial charge >= 0.3 is 0 Å². The first-order valence-electron chi connectivity index (χ1n) is 0.309. The van der Waals surface area contributed by atoms with E-state index >= 15 is 0 Å². The van der Waals surface area contributed by atoms with E-state index in [4.69, 9.17) is 0 Å². The van der Waals surface area contributed by atoms with Gasteiger partial charge in [-0.25, -0.2) is 0 Å². The van der Waals surface area contributed by atoms with Crippen LogP contribution in [-0.2, 0) is 0 Å². The Kier molecular flexibility index (Phi) is 20.2. The average Bonchev–Trinajstić information content (AvgIpc) is 0.918. The van der Waals surface area contributed by atoms with Gasteiger partial charge in [0.1, 0.15) is 0 Å². The molecule has 0 atom stereocenters. The van der Waals surface area contributed by atoms with Gasteiger partial charge < -0.3 is 0 Å². The molecule has 0 aliphatic rings. The van der Waals surface area contributed by atoms with Crippen molar-refractivity contribution >= 4 is 31.6 Å². The Morgan fingerprint density at radius 1 is 1.25 bits per heavy atom. The van der Waals surface area contributed by atoms with E-state index in [0.717, 1.165) is 0 Å². The van der Waals surface area contributed by atoms with E-state index in [-0.39, 0.29) is 4.70 Å². The van der Waals surface area contributed by atoms with Crippen molar-refractivity contribution in [2.24, 2.45) is 0 Å². The Labute approximate surface area is 36.8 Å². The summed E-state index contributed by atoms with van der Waals surface area (Å²) in [6.45, 7) is 0. The van der Waals surface area contributed by atoms with Crippen LogP contribution >= 0.6 is 31.6 Å². The standard InChI is InChI=1S/Cl2S.FH/c1-3-2;/h;1H. The molecule has 0 aliphatic carbocycles. The molecule has 4 heavy (non-hydrogen) atoms. The number of rotatable bonds is 0. The Morgan fingerprint density at radius 2 is 1.25 bits per heavy atom. The predicted molar refractivity (Wildman–Crippen MR) is 21.8 cm³/mol. The molecule has 0 radical (unpaired) electrons. The molecule has 0 aromatic carbocycles. The van der Waals surface area contributed by atoms with E-state index in [1.165, 1.54) is 0 Å². The van der Waals surface area contributed by atoms with Crippen molar-refractivity contribution in [3.8, 4) is 0 Å². The summed E-state index contributed by atoms with van der Waals surface area (Å²) in [6, 6.07) is 0. The molecular formula is HCl2FS. The van der Waals surface area contributed by atoms with Gasteiger partial charge in [-0.1, -0.05) is 0 Å². The minimum Gasteiger partial charge on any atom is -0.269 e. The van der Waals surface area contributed by atoms with Crippen molar-refractivity contribution in [3.63, 3.8) is 0 Å². The third kappa shape index (κ3) is 13.4. The minimum atomic E-state index is 0. The fourth-order valence-electron chi connectivity index (χ4n) is 0. The first-order chi connectivity index (χ1) is 1.41. The van der Waals surface area contributed by atoms with Crippen molar-refractivity contribution in [1.82, 2.24) is 0 Å². The second-order valence-corrected chi connectivity index (χ2v) is 1.57. The molecule has 0 rings (SSSR count). The van der Waals surface area contributed by atoms with Gasteiger partial charge in [-0.05, 0) is 21.4 Å². The number of hydrogen-bond acceptors (Lipinski definition) is 1. The normalized spacial score (nSPS) is 4.50. The summed E-state index contributed by atoms with van der Waals surface area (Å²) in [7, 11) is 10.1. The lowest BCUT2D eigenvalue weighted by molar-refractivity contribution is 1.11. The van der Waals surface area contributed by atoms with Gasteiger partial charge in [-0.3, -0.25) is 4.70 Å². The second kappa shape index (κ2) is 9.13. The summed E-state index contributed by atoms with van der Waals surface area (Å²) < 4.78 is 0. The van der Waals surface area contributed by atoms with Crippen molar-refractivity contribution < 1.29 is 4.70 Å². The molecule has 0 N–H and O–H groups in total. The van der Waals surface area contributed by atoms with Crippen LogP contribution in [0.25, 0.3) is 0 Å². The quantitative estimate of drug-likeness (QED) is 0.475. The smallest absolute Gasteiger partial charge is 0.0523 e. The lowest BCUT2D eigenvalue weighted by atomic mass is 19.0. The predicted octanol–water partition coefficient (Wildman–Crippen LogP) is 2.18. The van der Waals surface area contributed by atoms with E-state index in [2.05, 4.69) is 21.4 Å². The first kappa shape index (κ1) is 8.85. The zero-order valence-corrected chi connectivity index (χ0v) is 3.90. The van der Waals surface area contributed by atoms with E-state index < -0.39 is 0 Å². The zero-order chi connectivity index (χ0) is 2.71. The number of hydrogen-bond donors (Lipinski definition) is 0. The molecule has 0 fully saturated rings. The first-order valence-corrected chi connectivity index (χ1v) is 2.78. The zero-order valence-electron chi connectivity index (χ0n) is 1.57. The van der Waals surface area contributed by atoms with Gasteiger partial charge in [-0.15, -0.1) is 0 Å². The Morgan fingerprint density at radius 3 is 1.25 bits per heavy atom. The Balaban J connectivity index is 0. The van der Waals surface area contributed by atoms with Gasteiger partial charge in [0.15, 0.2) is 0 Å². The molecule has 0 nitrogen and oxygen atoms in total. The van der Waals surface area contributed by atoms with Gasteiger partial charge in [0.2, 0.25) is 0 Å². The molecule has 0 amide bonds. The van der Waals surface area contributed by atoms with Crippen LogP contribution in [0.15, 0.2) is 0 Å². The highest BCUT2D eigenvalue weighted by Crippen LogP contribution is 2.08. The van der Waals surface area contributed by atoms with E-state index in [9.17, 15) is 0 Å². The van der Waals surface area contributed by atoms with Gasteiger partial charge in [-0.2, -0.15) is 0 Å². The molecule has 0 spiro atoms. The lowest BCUT2D eigenvalue weighted by Crippen LogP contribution is -0.745. The highest BCUT2D eigenvalue weighted by molar-refractivity contribution is 8.38. The topological polar surface area (TPSA) is 0 Å². The van der Waals surface area contributed by atoms with Gasteiger partial charge in [0.25, 0.3) is 0 Å². The maximum Gasteiger partial charge on any atom is 0.0523 e. The van der Waals surface area contributed by atoms with Crippen LogP contribution in [0.2, 0.25) is 0 Å². The van der Waals surface area contributed by atoms with Crippen molar-refractivity contribution in [2.45, 2.75) is 0 Å². The lowest BCUT2D eigenvalue weighted by Gasteiger charge is -1.40. The summed E-state index contributed by atoms with van der Waals surface area (Å²) in [5.74, 6) is 0. The van der Waals surface area contributed by atoms with Crippen LogP contribution in [-0.4, -0.2) is 0 Å². The molecular weight excluding hydrogens is 122 g/mol. The molecule has 0 aromatic rings. The average molecular weight is 123 g/mol. The van der Waals surface area contributed by atoms with Crippen molar-refractivity contribution in [3.05, 3.63) is 0 Å². The monoisotopic (exact) mass is 122 g/mol. The van der Waals surface area contributed by atoms with E-state index in [0.29, 0.717) is 10.2 Å². The van der Waals surface area contributed by atoms with Crippen LogP contribution in [0.5, 0.6) is 0 Å². The molecule has 0 saturated carbocycles. The van der Waals surface area contributed by atoms with E-state index in [1.54, 1.807) is 0 Å². The Bertz CT molecular complexity index is 6.00. The molecule has 4 heteroatoms. The number of halogens is 3. The molecule has 0 bridgehead atoms. The summed E-state index contributed by atoms with van der Waals surface area (Å²) in [6.07, 6.45) is 0. The molecule has 0 saturated heterocycles. The van der Waals surface area contributed by atoms with Gasteiger partial charge in [0.05, 0.1) is 10.2 Å². The van der Waals surface area contributed by atoms with Crippen LogP contribution in [0.3, 0.4) is 0 Å². The van der Waals surface area contributed by atoms with Gasteiger partial charge in [0, 0.05) is 0 Å². The van der Waals surface area contributed by atoms with Crippen LogP contribution in [0.4, 0.5) is 4.70 Å². The Hall–Kier alpha value is 0.860. The van der Waals surface area contributed by atoms with Crippen molar-refractivity contribution in [1.29, 1.82) is 0 Å². The summed E-state index contributed by atoms with van der Waals surface area (Å²) in [5.41, 5.74) is 0. The van der Waals surface area contributed by atoms with Crippen LogP contribution in [0.1, 0.15) is 0 Å². The largest absolute Gasteiger partial charge is 0.269 e. The molecule has 0 unspecified atom stereocenters. The molecule has 0 aliphatic heterocycles. The van der Waals surface area contributed by atoms with E-state index in [1.807, 2.05) is 0 Å².